The van der Waals surface area contributed by atoms with E-state index < -0.39 is 0 Å². The van der Waals surface area contributed by atoms with Crippen LogP contribution < -0.4 is 4.90 Å². The average molecular weight is 657 g/mol. The maximum absolute atomic E-state index is 6.56. The second-order valence-electron chi connectivity index (χ2n) is 12.9. The van der Waals surface area contributed by atoms with Crippen molar-refractivity contribution in [3.05, 3.63) is 170 Å². The summed E-state index contributed by atoms with van der Waals surface area (Å²) in [5, 5.41) is 9.57. The maximum atomic E-state index is 6.56. The normalized spacial score (nSPS) is 12.0. The van der Waals surface area contributed by atoms with Crippen molar-refractivity contribution in [2.24, 2.45) is 0 Å². The molecule has 0 aliphatic carbocycles. The Morgan fingerprint density at radius 1 is 0.460 bits per heavy atom. The number of rotatable bonds is 4. The molecule has 0 atom stereocenters. The molecule has 0 fully saturated rings. The standard InChI is InChI=1S/C46H28N2OS/c1-2-12-30(13-3-1)48-39-17-8-6-16-37(39)45-40(18-10-19-41(45)48)47(32-22-25-35-34-15-7-9-20-43(34)50-44(35)28-32)31-23-26-42-38(27-31)36-24-21-29-11-4-5-14-33(29)46(36)49-42/h1-28H. The van der Waals surface area contributed by atoms with E-state index in [2.05, 4.69) is 179 Å². The second-order valence-corrected chi connectivity index (χ2v) is 14.0. The molecule has 234 valence electrons. The highest BCUT2D eigenvalue weighted by Gasteiger charge is 2.23. The van der Waals surface area contributed by atoms with Gasteiger partial charge in [0.2, 0.25) is 0 Å². The molecule has 0 unspecified atom stereocenters. The molecule has 3 nitrogen and oxygen atoms in total. The van der Waals surface area contributed by atoms with Gasteiger partial charge in [-0.25, -0.2) is 0 Å². The van der Waals surface area contributed by atoms with Gasteiger partial charge in [-0.15, -0.1) is 11.3 Å². The Balaban J connectivity index is 1.22. The molecule has 11 rings (SSSR count). The van der Waals surface area contributed by atoms with Crippen LogP contribution in [-0.2, 0) is 0 Å². The zero-order chi connectivity index (χ0) is 32.8. The number of thiophene rings is 1. The molecule has 0 radical (unpaired) electrons. The third-order valence-corrected chi connectivity index (χ3v) is 11.3. The lowest BCUT2D eigenvalue weighted by molar-refractivity contribution is 0.672. The predicted octanol–water partition coefficient (Wildman–Crippen LogP) is 13.7. The van der Waals surface area contributed by atoms with Crippen molar-refractivity contribution in [3.8, 4) is 5.69 Å². The SMILES string of the molecule is c1ccc(-n2c3ccccc3c3c(N(c4ccc5c(c4)sc4ccccc45)c4ccc5oc6c7ccccc7ccc6c5c4)cccc32)cc1. The maximum Gasteiger partial charge on any atom is 0.143 e. The summed E-state index contributed by atoms with van der Waals surface area (Å²) in [6.45, 7) is 0. The first-order chi connectivity index (χ1) is 24.8. The van der Waals surface area contributed by atoms with E-state index >= 15 is 0 Å². The molecule has 11 aromatic rings. The molecular weight excluding hydrogens is 629 g/mol. The number of aromatic nitrogens is 1. The minimum Gasteiger partial charge on any atom is -0.455 e. The Bertz CT molecular complexity index is 3110. The van der Waals surface area contributed by atoms with Crippen LogP contribution >= 0.6 is 11.3 Å². The second kappa shape index (κ2) is 10.6. The van der Waals surface area contributed by atoms with Crippen LogP contribution in [0.5, 0.6) is 0 Å². The van der Waals surface area contributed by atoms with Crippen LogP contribution in [0.15, 0.2) is 174 Å². The number of furan rings is 1. The van der Waals surface area contributed by atoms with Gasteiger partial charge < -0.3 is 13.9 Å². The zero-order valence-corrected chi connectivity index (χ0v) is 27.7. The van der Waals surface area contributed by atoms with Gasteiger partial charge in [0.15, 0.2) is 0 Å². The minimum absolute atomic E-state index is 0.888. The van der Waals surface area contributed by atoms with Crippen LogP contribution in [0.4, 0.5) is 17.1 Å². The summed E-state index contributed by atoms with van der Waals surface area (Å²) < 4.78 is 11.5. The van der Waals surface area contributed by atoms with Gasteiger partial charge in [-0.05, 0) is 78.2 Å². The summed E-state index contributed by atoms with van der Waals surface area (Å²) in [4.78, 5) is 2.44. The van der Waals surface area contributed by atoms with Crippen molar-refractivity contribution in [1.82, 2.24) is 4.57 Å². The van der Waals surface area contributed by atoms with Gasteiger partial charge in [-0.2, -0.15) is 0 Å². The first-order valence-corrected chi connectivity index (χ1v) is 17.7. The first kappa shape index (κ1) is 27.6. The lowest BCUT2D eigenvalue weighted by Crippen LogP contribution is -2.10. The quantitative estimate of drug-likeness (QED) is 0.188. The summed E-state index contributed by atoms with van der Waals surface area (Å²) in [6.07, 6.45) is 0. The predicted molar refractivity (Wildman–Crippen MR) is 213 cm³/mol. The van der Waals surface area contributed by atoms with Crippen molar-refractivity contribution in [1.29, 1.82) is 0 Å². The van der Waals surface area contributed by atoms with E-state index in [-0.39, 0.29) is 0 Å². The van der Waals surface area contributed by atoms with E-state index in [4.69, 9.17) is 4.42 Å². The Hall–Kier alpha value is -6.36. The fourth-order valence-electron chi connectivity index (χ4n) is 7.95. The lowest BCUT2D eigenvalue weighted by atomic mass is 10.0. The number of fused-ring (bicyclic) bond motifs is 11. The van der Waals surface area contributed by atoms with Crippen LogP contribution in [0.1, 0.15) is 0 Å². The molecule has 0 aliphatic rings. The van der Waals surface area contributed by atoms with Crippen LogP contribution in [0.3, 0.4) is 0 Å². The summed E-state index contributed by atoms with van der Waals surface area (Å²) in [5.41, 5.74) is 8.65. The minimum atomic E-state index is 0.888. The number of para-hydroxylation sites is 2. The number of nitrogens with zero attached hydrogens (tertiary/aromatic N) is 2. The topological polar surface area (TPSA) is 21.3 Å². The summed E-state index contributed by atoms with van der Waals surface area (Å²) >= 11 is 1.85. The van der Waals surface area contributed by atoms with E-state index in [9.17, 15) is 0 Å². The van der Waals surface area contributed by atoms with E-state index in [0.29, 0.717) is 0 Å². The molecule has 0 amide bonds. The Labute approximate surface area is 291 Å². The van der Waals surface area contributed by atoms with Crippen molar-refractivity contribution in [3.63, 3.8) is 0 Å². The third-order valence-electron chi connectivity index (χ3n) is 10.2. The monoisotopic (exact) mass is 656 g/mol. The molecule has 8 aromatic carbocycles. The van der Waals surface area contributed by atoms with Gasteiger partial charge >= 0.3 is 0 Å². The summed E-state index contributed by atoms with van der Waals surface area (Å²) in [7, 11) is 0. The van der Waals surface area contributed by atoms with Crippen molar-refractivity contribution < 1.29 is 4.42 Å². The Kier molecular flexibility index (Phi) is 5.83. The molecule has 0 bridgehead atoms. The number of anilines is 3. The highest BCUT2D eigenvalue weighted by atomic mass is 32.1. The molecule has 0 aliphatic heterocycles. The fraction of sp³-hybridized carbons (Fsp3) is 0. The number of hydrogen-bond donors (Lipinski definition) is 0. The van der Waals surface area contributed by atoms with Gasteiger partial charge in [-0.3, -0.25) is 0 Å². The molecule has 50 heavy (non-hydrogen) atoms. The van der Waals surface area contributed by atoms with Crippen molar-refractivity contribution in [2.45, 2.75) is 0 Å². The molecule has 3 heterocycles. The van der Waals surface area contributed by atoms with E-state index in [1.54, 1.807) is 0 Å². The van der Waals surface area contributed by atoms with Gasteiger partial charge in [0.1, 0.15) is 11.2 Å². The van der Waals surface area contributed by atoms with Crippen molar-refractivity contribution >= 4 is 103 Å². The highest BCUT2D eigenvalue weighted by Crippen LogP contribution is 2.47. The molecule has 4 heteroatoms. The van der Waals surface area contributed by atoms with Gasteiger partial charge in [0.25, 0.3) is 0 Å². The van der Waals surface area contributed by atoms with Gasteiger partial charge in [-0.1, -0.05) is 97.1 Å². The molecule has 3 aromatic heterocycles. The van der Waals surface area contributed by atoms with Crippen molar-refractivity contribution in [2.75, 3.05) is 4.90 Å². The Morgan fingerprint density at radius 2 is 1.16 bits per heavy atom. The van der Waals surface area contributed by atoms with Crippen LogP contribution in [0.25, 0.3) is 80.4 Å². The molecule has 0 saturated carbocycles. The number of benzene rings is 8. The molecular formula is C46H28N2OS. The van der Waals surface area contributed by atoms with Gasteiger partial charge in [0.05, 0.1) is 16.7 Å². The molecule has 0 spiro atoms. The fourth-order valence-corrected chi connectivity index (χ4v) is 9.09. The van der Waals surface area contributed by atoms with E-state index in [1.165, 1.54) is 47.4 Å². The largest absolute Gasteiger partial charge is 0.455 e. The molecule has 0 saturated heterocycles. The van der Waals surface area contributed by atoms with Crippen LogP contribution in [0, 0.1) is 0 Å². The summed E-state index contributed by atoms with van der Waals surface area (Å²) in [5.74, 6) is 0. The van der Waals surface area contributed by atoms with E-state index in [1.807, 2.05) is 11.3 Å². The van der Waals surface area contributed by atoms with E-state index in [0.717, 1.165) is 50.1 Å². The third kappa shape index (κ3) is 3.97. The van der Waals surface area contributed by atoms with Crippen LogP contribution in [-0.4, -0.2) is 4.57 Å². The lowest BCUT2D eigenvalue weighted by Gasteiger charge is -2.26. The highest BCUT2D eigenvalue weighted by molar-refractivity contribution is 7.25. The Morgan fingerprint density at radius 3 is 2.08 bits per heavy atom. The molecule has 0 N–H and O–H groups in total. The first-order valence-electron chi connectivity index (χ1n) is 16.9. The number of hydrogen-bond acceptors (Lipinski definition) is 3. The van der Waals surface area contributed by atoms with Gasteiger partial charge in [0, 0.05) is 64.2 Å². The average Bonchev–Trinajstić information content (AvgIpc) is 3.85. The smallest absolute Gasteiger partial charge is 0.143 e. The summed E-state index contributed by atoms with van der Waals surface area (Å²) in [6, 6.07) is 61.3. The van der Waals surface area contributed by atoms with Crippen LogP contribution in [0.2, 0.25) is 0 Å². The zero-order valence-electron chi connectivity index (χ0n) is 26.9.